The lowest BCUT2D eigenvalue weighted by atomic mass is 9.85. The predicted molar refractivity (Wildman–Crippen MR) is 157 cm³/mol. The molecule has 0 spiro atoms. The van der Waals surface area contributed by atoms with Gasteiger partial charge in [0.25, 0.3) is 0 Å². The summed E-state index contributed by atoms with van der Waals surface area (Å²) < 4.78 is 29.7. The van der Waals surface area contributed by atoms with Crippen LogP contribution < -0.4 is 11.1 Å². The molecule has 222 valence electrons. The Morgan fingerprint density at radius 2 is 1.63 bits per heavy atom. The number of anilines is 3. The number of halogens is 2. The number of nitrogens with one attached hydrogen (secondary N) is 1. The molecule has 3 aliphatic rings. The number of piperazine rings is 1. The zero-order valence-corrected chi connectivity index (χ0v) is 24.0. The standard InChI is InChI=1S/C24H30F2N8O.C6H12/c1-2-32-9-11-33(12-10-32)22(35)15-3-6-17(7-4-15)34-21-20(14-28-23(27)31-21)30-24(34)29-19-8-5-16(25)13-18(19)26;1-2-4-6-5-3-1/h5,8,13-15,17H,2-4,6-7,9-12H2,1H3,(H,29,30)(H2,27,28,31);1-6H2. The molecule has 2 aromatic heterocycles. The largest absolute Gasteiger partial charge is 0.368 e. The van der Waals surface area contributed by atoms with Crippen molar-refractivity contribution < 1.29 is 13.6 Å². The van der Waals surface area contributed by atoms with Gasteiger partial charge in [0, 0.05) is 44.2 Å². The molecule has 0 radical (unpaired) electrons. The molecule has 3 heterocycles. The summed E-state index contributed by atoms with van der Waals surface area (Å²) in [6.07, 6.45) is 13.5. The maximum Gasteiger partial charge on any atom is 0.225 e. The van der Waals surface area contributed by atoms with E-state index in [-0.39, 0.29) is 29.5 Å². The Morgan fingerprint density at radius 3 is 2.24 bits per heavy atom. The molecular weight excluding hydrogens is 526 g/mol. The summed E-state index contributed by atoms with van der Waals surface area (Å²) in [5.74, 6) is -0.622. The van der Waals surface area contributed by atoms with E-state index in [0.29, 0.717) is 17.1 Å². The summed E-state index contributed by atoms with van der Waals surface area (Å²) in [6, 6.07) is 3.35. The van der Waals surface area contributed by atoms with Crippen LogP contribution in [0, 0.1) is 17.6 Å². The maximum atomic E-state index is 14.4. The normalized spacial score (nSPS) is 21.8. The van der Waals surface area contributed by atoms with E-state index in [1.807, 2.05) is 9.47 Å². The van der Waals surface area contributed by atoms with Crippen molar-refractivity contribution in [3.8, 4) is 0 Å². The lowest BCUT2D eigenvalue weighted by molar-refractivity contribution is -0.138. The molecule has 3 fully saturated rings. The van der Waals surface area contributed by atoms with Crippen molar-refractivity contribution in [2.24, 2.45) is 5.92 Å². The number of hydrogen-bond acceptors (Lipinski definition) is 7. The molecule has 2 saturated carbocycles. The number of nitrogens with two attached hydrogens (primary N) is 1. The van der Waals surface area contributed by atoms with Crippen LogP contribution in [0.2, 0.25) is 0 Å². The monoisotopic (exact) mass is 568 g/mol. The number of likely N-dealkylation sites (N-methyl/N-ethyl adjacent to an activating group) is 1. The van der Waals surface area contributed by atoms with Crippen molar-refractivity contribution in [3.63, 3.8) is 0 Å². The second-order valence-electron chi connectivity index (χ2n) is 11.4. The van der Waals surface area contributed by atoms with Gasteiger partial charge in [-0.3, -0.25) is 9.36 Å². The first-order chi connectivity index (χ1) is 19.9. The minimum atomic E-state index is -0.716. The first-order valence-corrected chi connectivity index (χ1v) is 15.2. The molecule has 41 heavy (non-hydrogen) atoms. The van der Waals surface area contributed by atoms with E-state index < -0.39 is 11.6 Å². The van der Waals surface area contributed by atoms with Crippen LogP contribution in [0.15, 0.2) is 24.4 Å². The summed E-state index contributed by atoms with van der Waals surface area (Å²) in [5.41, 5.74) is 7.03. The Kier molecular flexibility index (Phi) is 9.64. The van der Waals surface area contributed by atoms with Gasteiger partial charge in [0.05, 0.1) is 11.9 Å². The highest BCUT2D eigenvalue weighted by molar-refractivity contribution is 5.79. The number of nitrogens with zero attached hydrogens (tertiary/aromatic N) is 6. The maximum absolute atomic E-state index is 14.4. The number of imidazole rings is 1. The molecule has 0 unspecified atom stereocenters. The molecular formula is C30H42F2N8O. The zero-order chi connectivity index (χ0) is 28.8. The van der Waals surface area contributed by atoms with Gasteiger partial charge in [-0.1, -0.05) is 45.4 Å². The van der Waals surface area contributed by atoms with Gasteiger partial charge in [-0.2, -0.15) is 4.98 Å². The van der Waals surface area contributed by atoms with E-state index in [9.17, 15) is 13.6 Å². The fraction of sp³-hybridized carbons (Fsp3) is 0.600. The van der Waals surface area contributed by atoms with Crippen LogP contribution in [-0.2, 0) is 4.79 Å². The molecule has 1 aromatic carbocycles. The third kappa shape index (κ3) is 7.12. The number of fused-ring (bicyclic) bond motifs is 1. The number of nitrogen functional groups attached to an aromatic ring is 1. The van der Waals surface area contributed by atoms with Crippen LogP contribution in [0.5, 0.6) is 0 Å². The quantitative estimate of drug-likeness (QED) is 0.409. The van der Waals surface area contributed by atoms with Gasteiger partial charge in [-0.25, -0.2) is 18.7 Å². The average molecular weight is 569 g/mol. The smallest absolute Gasteiger partial charge is 0.225 e. The number of amides is 1. The summed E-state index contributed by atoms with van der Waals surface area (Å²) in [7, 11) is 0. The molecule has 11 heteroatoms. The van der Waals surface area contributed by atoms with Gasteiger partial charge < -0.3 is 20.9 Å². The van der Waals surface area contributed by atoms with Gasteiger partial charge in [0.15, 0.2) is 5.65 Å². The fourth-order valence-corrected chi connectivity index (χ4v) is 6.23. The second kappa shape index (κ2) is 13.5. The first-order valence-electron chi connectivity index (χ1n) is 15.2. The Hall–Kier alpha value is -3.34. The van der Waals surface area contributed by atoms with Crippen LogP contribution in [-0.4, -0.2) is 67.9 Å². The van der Waals surface area contributed by atoms with E-state index in [2.05, 4.69) is 32.1 Å². The van der Waals surface area contributed by atoms with Crippen LogP contribution in [0.25, 0.3) is 11.2 Å². The molecule has 2 aliphatic carbocycles. The Balaban J connectivity index is 0.000000500. The number of aromatic nitrogens is 4. The van der Waals surface area contributed by atoms with E-state index in [1.54, 1.807) is 0 Å². The molecule has 1 saturated heterocycles. The molecule has 1 amide bonds. The number of rotatable bonds is 5. The number of carbonyl (C=O) groups excluding carboxylic acids is 1. The highest BCUT2D eigenvalue weighted by atomic mass is 19.1. The third-order valence-electron chi connectivity index (χ3n) is 8.67. The van der Waals surface area contributed by atoms with Crippen LogP contribution >= 0.6 is 0 Å². The minimum absolute atomic E-state index is 0.000130. The van der Waals surface area contributed by atoms with Gasteiger partial charge in [-0.15, -0.1) is 0 Å². The van der Waals surface area contributed by atoms with Gasteiger partial charge in [0.1, 0.15) is 17.2 Å². The van der Waals surface area contributed by atoms with Gasteiger partial charge >= 0.3 is 0 Å². The van der Waals surface area contributed by atoms with Crippen LogP contribution in [0.1, 0.15) is 77.2 Å². The van der Waals surface area contributed by atoms with Crippen molar-refractivity contribution in [2.45, 2.75) is 77.2 Å². The molecule has 9 nitrogen and oxygen atoms in total. The summed E-state index contributed by atoms with van der Waals surface area (Å²) >= 11 is 0. The molecule has 0 atom stereocenters. The zero-order valence-electron chi connectivity index (χ0n) is 24.0. The Morgan fingerprint density at radius 1 is 0.976 bits per heavy atom. The van der Waals surface area contributed by atoms with Gasteiger partial charge in [0.2, 0.25) is 17.8 Å². The lowest BCUT2D eigenvalue weighted by Gasteiger charge is -2.37. The molecule has 0 bridgehead atoms. The summed E-state index contributed by atoms with van der Waals surface area (Å²) in [6.45, 7) is 6.57. The van der Waals surface area contributed by atoms with Crippen molar-refractivity contribution in [2.75, 3.05) is 43.8 Å². The average Bonchev–Trinajstić information content (AvgIpc) is 3.36. The Labute approximate surface area is 240 Å². The SMILES string of the molecule is C1CCCCC1.CCN1CCN(C(=O)C2CCC(n3c(Nc4ccc(F)cc4F)nc4cnc(N)nc43)CC2)CC1. The van der Waals surface area contributed by atoms with Crippen molar-refractivity contribution in [1.82, 2.24) is 29.3 Å². The fourth-order valence-electron chi connectivity index (χ4n) is 6.23. The lowest BCUT2D eigenvalue weighted by Crippen LogP contribution is -2.50. The minimum Gasteiger partial charge on any atom is -0.368 e. The Bertz CT molecular complexity index is 1300. The van der Waals surface area contributed by atoms with E-state index in [0.717, 1.165) is 64.5 Å². The number of carbonyl (C=O) groups is 1. The number of hydrogen-bond donors (Lipinski definition) is 2. The first kappa shape index (κ1) is 29.2. The summed E-state index contributed by atoms with van der Waals surface area (Å²) in [5, 5.41) is 2.99. The summed E-state index contributed by atoms with van der Waals surface area (Å²) in [4.78, 5) is 30.5. The molecule has 1 aliphatic heterocycles. The van der Waals surface area contributed by atoms with Crippen molar-refractivity contribution >= 4 is 34.7 Å². The second-order valence-corrected chi connectivity index (χ2v) is 11.4. The number of benzene rings is 1. The highest BCUT2D eigenvalue weighted by Gasteiger charge is 2.33. The van der Waals surface area contributed by atoms with E-state index in [1.165, 1.54) is 56.9 Å². The molecule has 3 N–H and O–H groups in total. The van der Waals surface area contributed by atoms with Crippen molar-refractivity contribution in [3.05, 3.63) is 36.0 Å². The highest BCUT2D eigenvalue weighted by Crippen LogP contribution is 2.38. The third-order valence-corrected chi connectivity index (χ3v) is 8.67. The topological polar surface area (TPSA) is 105 Å². The van der Waals surface area contributed by atoms with Crippen molar-refractivity contribution in [1.29, 1.82) is 0 Å². The van der Waals surface area contributed by atoms with E-state index in [4.69, 9.17) is 5.73 Å². The van der Waals surface area contributed by atoms with Gasteiger partial charge in [-0.05, 0) is 44.4 Å². The van der Waals surface area contributed by atoms with Crippen LogP contribution in [0.3, 0.4) is 0 Å². The predicted octanol–water partition coefficient (Wildman–Crippen LogP) is 5.67. The molecule has 3 aromatic rings. The van der Waals surface area contributed by atoms with E-state index >= 15 is 0 Å². The molecule has 6 rings (SSSR count). The van der Waals surface area contributed by atoms with Crippen LogP contribution in [0.4, 0.5) is 26.4 Å².